The van der Waals surface area contributed by atoms with Gasteiger partial charge in [-0.3, -0.25) is 9.59 Å². The number of nitrogens with one attached hydrogen (secondary N) is 2. The smallest absolute Gasteiger partial charge is 0.262 e. The van der Waals surface area contributed by atoms with Crippen LogP contribution in [0.15, 0.2) is 12.1 Å². The van der Waals surface area contributed by atoms with Gasteiger partial charge in [0.25, 0.3) is 5.91 Å². The zero-order chi connectivity index (χ0) is 15.0. The van der Waals surface area contributed by atoms with Gasteiger partial charge in [-0.05, 0) is 12.5 Å². The maximum absolute atomic E-state index is 12.2. The molecule has 0 bridgehead atoms. The van der Waals surface area contributed by atoms with Gasteiger partial charge in [0.15, 0.2) is 6.61 Å². The molecular formula is C13H14ClN3O4. The van der Waals surface area contributed by atoms with E-state index in [0.717, 1.165) is 0 Å². The molecule has 8 heteroatoms. The lowest BCUT2D eigenvalue weighted by atomic mass is 9.99. The number of ether oxygens (including phenoxy) is 2. The molecule has 2 aliphatic heterocycles. The molecule has 2 aliphatic rings. The lowest BCUT2D eigenvalue weighted by Gasteiger charge is -2.23. The van der Waals surface area contributed by atoms with Crippen LogP contribution in [-0.2, 0) is 14.3 Å². The van der Waals surface area contributed by atoms with Crippen LogP contribution in [0.2, 0.25) is 5.02 Å². The van der Waals surface area contributed by atoms with Crippen LogP contribution in [0.25, 0.3) is 0 Å². The maximum atomic E-state index is 12.2. The monoisotopic (exact) mass is 311 g/mol. The third-order valence-electron chi connectivity index (χ3n) is 3.45. The molecule has 1 unspecified atom stereocenters. The molecule has 2 amide bonds. The summed E-state index contributed by atoms with van der Waals surface area (Å²) in [6, 6.07) is 3.09. The fourth-order valence-corrected chi connectivity index (χ4v) is 2.41. The summed E-state index contributed by atoms with van der Waals surface area (Å²) in [5.41, 5.74) is 5.80. The Morgan fingerprint density at radius 3 is 3.00 bits per heavy atom. The molecule has 0 radical (unpaired) electrons. The number of hydrogen-bond acceptors (Lipinski definition) is 5. The summed E-state index contributed by atoms with van der Waals surface area (Å²) in [4.78, 5) is 23.5. The summed E-state index contributed by atoms with van der Waals surface area (Å²) >= 11 is 6.11. The molecule has 1 atom stereocenters. The zero-order valence-electron chi connectivity index (χ0n) is 11.1. The molecular weight excluding hydrogens is 298 g/mol. The standard InChI is InChI=1S/C13H14ClN3O4/c14-7-3-9-10(21-5-11(18)16-9)4-8(7)17-12(19)13(15)1-2-20-6-13/h3-4H,1-2,5-6,15H2,(H,16,18)(H,17,19). The minimum absolute atomic E-state index is 0.0727. The first-order valence-corrected chi connectivity index (χ1v) is 6.80. The van der Waals surface area contributed by atoms with Crippen molar-refractivity contribution in [3.05, 3.63) is 17.2 Å². The Kier molecular flexibility index (Phi) is 3.48. The average molecular weight is 312 g/mol. The SMILES string of the molecule is NC1(C(=O)Nc2cc3c(cc2Cl)NC(=O)CO3)CCOC1. The molecule has 112 valence electrons. The molecule has 3 rings (SSSR count). The second kappa shape index (κ2) is 5.18. The van der Waals surface area contributed by atoms with Crippen LogP contribution in [0.4, 0.5) is 11.4 Å². The van der Waals surface area contributed by atoms with Crippen LogP contribution in [0.1, 0.15) is 6.42 Å². The highest BCUT2D eigenvalue weighted by Gasteiger charge is 2.38. The number of anilines is 2. The van der Waals surface area contributed by atoms with E-state index in [0.29, 0.717) is 30.2 Å². The first kappa shape index (κ1) is 14.1. The van der Waals surface area contributed by atoms with Crippen LogP contribution in [-0.4, -0.2) is 37.2 Å². The van der Waals surface area contributed by atoms with Gasteiger partial charge in [0.2, 0.25) is 5.91 Å². The highest BCUT2D eigenvalue weighted by atomic mass is 35.5. The Morgan fingerprint density at radius 2 is 2.29 bits per heavy atom. The Morgan fingerprint density at radius 1 is 1.48 bits per heavy atom. The van der Waals surface area contributed by atoms with Crippen LogP contribution < -0.4 is 21.1 Å². The maximum Gasteiger partial charge on any atom is 0.262 e. The van der Waals surface area contributed by atoms with Crippen molar-refractivity contribution in [2.24, 2.45) is 5.73 Å². The first-order valence-electron chi connectivity index (χ1n) is 6.42. The summed E-state index contributed by atoms with van der Waals surface area (Å²) in [5, 5.41) is 5.61. The van der Waals surface area contributed by atoms with E-state index in [1.54, 1.807) is 6.07 Å². The van der Waals surface area contributed by atoms with E-state index in [1.165, 1.54) is 6.07 Å². The number of amides is 2. The molecule has 0 aliphatic carbocycles. The largest absolute Gasteiger partial charge is 0.482 e. The van der Waals surface area contributed by atoms with Crippen molar-refractivity contribution in [2.75, 3.05) is 30.5 Å². The number of carbonyl (C=O) groups is 2. The lowest BCUT2D eigenvalue weighted by molar-refractivity contribution is -0.121. The van der Waals surface area contributed by atoms with Crippen LogP contribution >= 0.6 is 11.6 Å². The van der Waals surface area contributed by atoms with E-state index in [2.05, 4.69) is 10.6 Å². The average Bonchev–Trinajstić information content (AvgIpc) is 2.88. The molecule has 0 spiro atoms. The molecule has 1 fully saturated rings. The highest BCUT2D eigenvalue weighted by molar-refractivity contribution is 6.34. The molecule has 0 saturated carbocycles. The summed E-state index contributed by atoms with van der Waals surface area (Å²) in [7, 11) is 0. The number of halogens is 1. The van der Waals surface area contributed by atoms with Gasteiger partial charge < -0.3 is 25.8 Å². The van der Waals surface area contributed by atoms with E-state index >= 15 is 0 Å². The highest BCUT2D eigenvalue weighted by Crippen LogP contribution is 2.36. The van der Waals surface area contributed by atoms with Gasteiger partial charge in [-0.1, -0.05) is 11.6 Å². The predicted octanol–water partition coefficient (Wildman–Crippen LogP) is 0.727. The van der Waals surface area contributed by atoms with Crippen LogP contribution in [0.5, 0.6) is 5.75 Å². The minimum Gasteiger partial charge on any atom is -0.482 e. The van der Waals surface area contributed by atoms with Gasteiger partial charge in [0.1, 0.15) is 11.3 Å². The van der Waals surface area contributed by atoms with Crippen molar-refractivity contribution in [1.29, 1.82) is 0 Å². The Bertz CT molecular complexity index is 614. The molecule has 1 saturated heterocycles. The van der Waals surface area contributed by atoms with Crippen molar-refractivity contribution in [3.8, 4) is 5.75 Å². The zero-order valence-corrected chi connectivity index (χ0v) is 11.8. The predicted molar refractivity (Wildman–Crippen MR) is 76.6 cm³/mol. The van der Waals surface area contributed by atoms with Crippen molar-refractivity contribution in [2.45, 2.75) is 12.0 Å². The summed E-state index contributed by atoms with van der Waals surface area (Å²) in [5.74, 6) is -0.163. The first-order chi connectivity index (χ1) is 9.98. The number of carbonyl (C=O) groups excluding carboxylic acids is 2. The molecule has 1 aromatic rings. The van der Waals surface area contributed by atoms with Gasteiger partial charge in [-0.2, -0.15) is 0 Å². The normalized spacial score (nSPS) is 24.0. The fraction of sp³-hybridized carbons (Fsp3) is 0.385. The minimum atomic E-state index is -1.05. The molecule has 2 heterocycles. The number of benzene rings is 1. The second-order valence-corrected chi connectivity index (χ2v) is 5.49. The van der Waals surface area contributed by atoms with Gasteiger partial charge in [0, 0.05) is 12.7 Å². The van der Waals surface area contributed by atoms with E-state index in [1.807, 2.05) is 0 Å². The van der Waals surface area contributed by atoms with Crippen molar-refractivity contribution in [3.63, 3.8) is 0 Å². The summed E-state index contributed by atoms with van der Waals surface area (Å²) in [6.07, 6.45) is 0.452. The molecule has 21 heavy (non-hydrogen) atoms. The third kappa shape index (κ3) is 2.67. The fourth-order valence-electron chi connectivity index (χ4n) is 2.20. The lowest BCUT2D eigenvalue weighted by Crippen LogP contribution is -2.51. The number of fused-ring (bicyclic) bond motifs is 1. The summed E-state index contributed by atoms with van der Waals surface area (Å²) < 4.78 is 10.4. The van der Waals surface area contributed by atoms with Crippen molar-refractivity contribution >= 4 is 34.8 Å². The van der Waals surface area contributed by atoms with Crippen molar-refractivity contribution < 1.29 is 19.1 Å². The molecule has 4 N–H and O–H groups in total. The van der Waals surface area contributed by atoms with E-state index < -0.39 is 5.54 Å². The Balaban J connectivity index is 1.83. The van der Waals surface area contributed by atoms with Gasteiger partial charge in [-0.15, -0.1) is 0 Å². The van der Waals surface area contributed by atoms with Crippen LogP contribution in [0, 0.1) is 0 Å². The number of rotatable bonds is 2. The van der Waals surface area contributed by atoms with Gasteiger partial charge in [-0.25, -0.2) is 0 Å². The number of nitrogens with two attached hydrogens (primary N) is 1. The van der Waals surface area contributed by atoms with E-state index in [4.69, 9.17) is 26.8 Å². The molecule has 7 nitrogen and oxygen atoms in total. The number of hydrogen-bond donors (Lipinski definition) is 3. The summed E-state index contributed by atoms with van der Waals surface area (Å²) in [6.45, 7) is 0.557. The van der Waals surface area contributed by atoms with E-state index in [-0.39, 0.29) is 30.1 Å². The van der Waals surface area contributed by atoms with Gasteiger partial charge in [0.05, 0.1) is 23.0 Å². The van der Waals surface area contributed by atoms with E-state index in [9.17, 15) is 9.59 Å². The third-order valence-corrected chi connectivity index (χ3v) is 3.77. The van der Waals surface area contributed by atoms with Crippen molar-refractivity contribution in [1.82, 2.24) is 0 Å². The quantitative estimate of drug-likeness (QED) is 0.747. The Hall–Kier alpha value is -1.83. The molecule has 0 aromatic heterocycles. The second-order valence-electron chi connectivity index (χ2n) is 5.08. The van der Waals surface area contributed by atoms with Crippen LogP contribution in [0.3, 0.4) is 0 Å². The molecule has 1 aromatic carbocycles. The van der Waals surface area contributed by atoms with Gasteiger partial charge >= 0.3 is 0 Å². The topological polar surface area (TPSA) is 103 Å². The Labute approximate surface area is 125 Å².